The zero-order chi connectivity index (χ0) is 8.48. The first-order chi connectivity index (χ1) is 4.99. The van der Waals surface area contributed by atoms with Gasteiger partial charge in [-0.2, -0.15) is 0 Å². The van der Waals surface area contributed by atoms with Crippen molar-refractivity contribution < 1.29 is 13.2 Å². The number of nitrogens with zero attached hydrogens (tertiary/aromatic N) is 1. The van der Waals surface area contributed by atoms with Crippen LogP contribution in [0.4, 0.5) is 0 Å². The second-order valence-electron chi connectivity index (χ2n) is 2.42. The number of likely N-dealkylation sites (tertiary alicyclic amines) is 1. The second kappa shape index (κ2) is 2.98. The topological polar surface area (TPSA) is 54.5 Å². The fourth-order valence-corrected chi connectivity index (χ4v) is 1.56. The first-order valence-corrected chi connectivity index (χ1v) is 5.67. The molecule has 1 heterocycles. The van der Waals surface area contributed by atoms with E-state index in [0.29, 0.717) is 13.1 Å². The molecule has 64 valence electrons. The highest BCUT2D eigenvalue weighted by molar-refractivity contribution is 8.14. The predicted octanol–water partition coefficient (Wildman–Crippen LogP) is -0.213. The van der Waals surface area contributed by atoms with Crippen molar-refractivity contribution in [1.82, 2.24) is 4.90 Å². The van der Waals surface area contributed by atoms with Gasteiger partial charge in [-0.05, 0) is 6.42 Å². The standard InChI is InChI=1S/C5H8ClNO3S/c6-11(9,10)4-5(8)7-2-1-3-7/h1-4H2. The molecule has 0 aromatic carbocycles. The van der Waals surface area contributed by atoms with Gasteiger partial charge in [0, 0.05) is 23.8 Å². The molecule has 0 unspecified atom stereocenters. The van der Waals surface area contributed by atoms with Gasteiger partial charge in [-0.3, -0.25) is 4.79 Å². The Bertz CT molecular complexity index is 257. The van der Waals surface area contributed by atoms with Crippen LogP contribution >= 0.6 is 10.7 Å². The van der Waals surface area contributed by atoms with Crippen molar-refractivity contribution in [2.45, 2.75) is 6.42 Å². The first-order valence-electron chi connectivity index (χ1n) is 3.19. The molecule has 11 heavy (non-hydrogen) atoms. The van der Waals surface area contributed by atoms with Crippen LogP contribution in [0.5, 0.6) is 0 Å². The van der Waals surface area contributed by atoms with Crippen LogP contribution in [0, 0.1) is 0 Å². The van der Waals surface area contributed by atoms with Gasteiger partial charge in [-0.15, -0.1) is 0 Å². The molecule has 0 N–H and O–H groups in total. The van der Waals surface area contributed by atoms with Gasteiger partial charge < -0.3 is 4.90 Å². The Kier molecular flexibility index (Phi) is 2.39. The van der Waals surface area contributed by atoms with E-state index in [4.69, 9.17) is 10.7 Å². The number of halogens is 1. The summed E-state index contributed by atoms with van der Waals surface area (Å²) < 4.78 is 20.8. The van der Waals surface area contributed by atoms with Crippen molar-refractivity contribution in [1.29, 1.82) is 0 Å². The Balaban J connectivity index is 2.43. The van der Waals surface area contributed by atoms with Crippen LogP contribution in [0.1, 0.15) is 6.42 Å². The minimum atomic E-state index is -3.66. The summed E-state index contributed by atoms with van der Waals surface area (Å²) in [5.41, 5.74) is 0. The van der Waals surface area contributed by atoms with E-state index < -0.39 is 20.7 Å². The van der Waals surface area contributed by atoms with Crippen molar-refractivity contribution in [2.75, 3.05) is 18.8 Å². The molecule has 0 saturated carbocycles. The molecule has 1 aliphatic heterocycles. The van der Waals surface area contributed by atoms with Crippen LogP contribution < -0.4 is 0 Å². The molecule has 1 aliphatic rings. The van der Waals surface area contributed by atoms with E-state index in [0.717, 1.165) is 6.42 Å². The third kappa shape index (κ3) is 2.67. The van der Waals surface area contributed by atoms with Crippen LogP contribution in [-0.2, 0) is 13.8 Å². The van der Waals surface area contributed by atoms with Crippen molar-refractivity contribution in [3.63, 3.8) is 0 Å². The van der Waals surface area contributed by atoms with Gasteiger partial charge in [0.25, 0.3) is 0 Å². The molecule has 6 heteroatoms. The van der Waals surface area contributed by atoms with Crippen LogP contribution in [0.15, 0.2) is 0 Å². The SMILES string of the molecule is O=C(CS(=O)(=O)Cl)N1CCC1. The van der Waals surface area contributed by atoms with Gasteiger partial charge in [0.05, 0.1) is 0 Å². The number of hydrogen-bond acceptors (Lipinski definition) is 3. The van der Waals surface area contributed by atoms with E-state index in [2.05, 4.69) is 0 Å². The van der Waals surface area contributed by atoms with Gasteiger partial charge in [0.1, 0.15) is 5.75 Å². The zero-order valence-electron chi connectivity index (χ0n) is 5.79. The molecule has 0 aromatic heterocycles. The number of carbonyl (C=O) groups is 1. The Labute approximate surface area is 69.5 Å². The van der Waals surface area contributed by atoms with Gasteiger partial charge in [-0.1, -0.05) is 0 Å². The average Bonchev–Trinajstić information content (AvgIpc) is 1.50. The molecule has 1 rings (SSSR count). The maximum absolute atomic E-state index is 10.9. The van der Waals surface area contributed by atoms with E-state index in [1.807, 2.05) is 0 Å². The summed E-state index contributed by atoms with van der Waals surface area (Å²) in [4.78, 5) is 12.4. The average molecular weight is 198 g/mol. The van der Waals surface area contributed by atoms with Crippen LogP contribution in [0.2, 0.25) is 0 Å². The molecule has 1 saturated heterocycles. The zero-order valence-corrected chi connectivity index (χ0v) is 7.36. The maximum Gasteiger partial charge on any atom is 0.241 e. The van der Waals surface area contributed by atoms with Crippen molar-refractivity contribution in [2.24, 2.45) is 0 Å². The molecular weight excluding hydrogens is 190 g/mol. The second-order valence-corrected chi connectivity index (χ2v) is 5.19. The lowest BCUT2D eigenvalue weighted by molar-refractivity contribution is -0.131. The van der Waals surface area contributed by atoms with Crippen LogP contribution in [0.25, 0.3) is 0 Å². The van der Waals surface area contributed by atoms with Crippen molar-refractivity contribution in [3.05, 3.63) is 0 Å². The smallest absolute Gasteiger partial charge is 0.241 e. The summed E-state index contributed by atoms with van der Waals surface area (Å²) in [7, 11) is 1.21. The van der Waals surface area contributed by atoms with Crippen LogP contribution in [-0.4, -0.2) is 38.1 Å². The van der Waals surface area contributed by atoms with Gasteiger partial charge in [-0.25, -0.2) is 8.42 Å². The highest BCUT2D eigenvalue weighted by atomic mass is 35.7. The summed E-state index contributed by atoms with van der Waals surface area (Å²) in [6.45, 7) is 1.32. The molecule has 1 amide bonds. The summed E-state index contributed by atoms with van der Waals surface area (Å²) in [5.74, 6) is -0.972. The largest absolute Gasteiger partial charge is 0.342 e. The minimum Gasteiger partial charge on any atom is -0.342 e. The molecule has 4 nitrogen and oxygen atoms in total. The fourth-order valence-electron chi connectivity index (χ4n) is 0.804. The Morgan fingerprint density at radius 2 is 2.00 bits per heavy atom. The molecule has 0 bridgehead atoms. The van der Waals surface area contributed by atoms with E-state index in [1.165, 1.54) is 4.90 Å². The lowest BCUT2D eigenvalue weighted by Gasteiger charge is -2.30. The summed E-state index contributed by atoms with van der Waals surface area (Å²) in [5, 5.41) is 0. The quantitative estimate of drug-likeness (QED) is 0.576. The lowest BCUT2D eigenvalue weighted by Crippen LogP contribution is -2.44. The molecule has 0 aromatic rings. The molecule has 0 atom stereocenters. The molecular formula is C5H8ClNO3S. The van der Waals surface area contributed by atoms with E-state index >= 15 is 0 Å². The van der Waals surface area contributed by atoms with Crippen molar-refractivity contribution in [3.8, 4) is 0 Å². The normalized spacial score (nSPS) is 17.7. The fraction of sp³-hybridized carbons (Fsp3) is 0.800. The summed E-state index contributed by atoms with van der Waals surface area (Å²) in [6.07, 6.45) is 0.952. The highest BCUT2D eigenvalue weighted by Gasteiger charge is 2.23. The number of carbonyl (C=O) groups excluding carboxylic acids is 1. The van der Waals surface area contributed by atoms with Gasteiger partial charge in [0.2, 0.25) is 15.0 Å². The molecule has 0 aliphatic carbocycles. The first kappa shape index (κ1) is 8.80. The summed E-state index contributed by atoms with van der Waals surface area (Å²) >= 11 is 0. The number of rotatable bonds is 2. The van der Waals surface area contributed by atoms with E-state index in [9.17, 15) is 13.2 Å². The molecule has 1 fully saturated rings. The Morgan fingerprint density at radius 1 is 1.45 bits per heavy atom. The lowest BCUT2D eigenvalue weighted by atomic mass is 10.2. The van der Waals surface area contributed by atoms with Crippen LogP contribution in [0.3, 0.4) is 0 Å². The van der Waals surface area contributed by atoms with Gasteiger partial charge in [0.15, 0.2) is 0 Å². The number of amides is 1. The third-order valence-electron chi connectivity index (χ3n) is 1.50. The molecule has 0 radical (unpaired) electrons. The predicted molar refractivity (Wildman–Crippen MR) is 40.8 cm³/mol. The Morgan fingerprint density at radius 3 is 2.27 bits per heavy atom. The van der Waals surface area contributed by atoms with Gasteiger partial charge >= 0.3 is 0 Å². The monoisotopic (exact) mass is 197 g/mol. The van der Waals surface area contributed by atoms with E-state index in [1.54, 1.807) is 0 Å². The van der Waals surface area contributed by atoms with E-state index in [-0.39, 0.29) is 0 Å². The third-order valence-corrected chi connectivity index (χ3v) is 2.42. The maximum atomic E-state index is 10.9. The highest BCUT2D eigenvalue weighted by Crippen LogP contribution is 2.08. The molecule has 0 spiro atoms. The summed E-state index contributed by atoms with van der Waals surface area (Å²) in [6, 6.07) is 0. The Hall–Kier alpha value is -0.290. The minimum absolute atomic E-state index is 0.397. The number of hydrogen-bond donors (Lipinski definition) is 0. The van der Waals surface area contributed by atoms with Crippen molar-refractivity contribution >= 4 is 25.6 Å².